The van der Waals surface area contributed by atoms with Gasteiger partial charge in [-0.3, -0.25) is 0 Å². The molecule has 0 bridgehead atoms. The molecule has 100 valence electrons. The minimum absolute atomic E-state index is 0.154. The molecule has 0 radical (unpaired) electrons. The van der Waals surface area contributed by atoms with Crippen LogP contribution < -0.4 is 9.80 Å². The van der Waals surface area contributed by atoms with Crippen LogP contribution in [-0.2, 0) is 16.7 Å². The van der Waals surface area contributed by atoms with E-state index in [1.807, 2.05) is 12.1 Å². The minimum Gasteiger partial charge on any atom is -0.623 e. The van der Waals surface area contributed by atoms with Gasteiger partial charge < -0.3 is 15.0 Å². The standard InChI is InChI=1S/C13H13NO4S/c1-18-12-6-4-10(5-7-12)9-11-3-2-8-14(15)13(11)19(16)17/h2-8,14H,9H2,1H3. The van der Waals surface area contributed by atoms with E-state index in [1.54, 1.807) is 31.4 Å². The molecule has 1 aliphatic heterocycles. The molecule has 0 amide bonds. The van der Waals surface area contributed by atoms with Crippen LogP contribution in [0.1, 0.15) is 5.56 Å². The van der Waals surface area contributed by atoms with Gasteiger partial charge in [0.1, 0.15) is 11.9 Å². The summed E-state index contributed by atoms with van der Waals surface area (Å²) in [6.07, 6.45) is 4.86. The second-order valence-corrected chi connectivity index (χ2v) is 4.88. The summed E-state index contributed by atoms with van der Waals surface area (Å²) < 4.78 is 27.3. The highest BCUT2D eigenvalue weighted by molar-refractivity contribution is 7.72. The molecule has 0 fully saturated rings. The highest BCUT2D eigenvalue weighted by Crippen LogP contribution is 2.15. The Morgan fingerprint density at radius 2 is 1.95 bits per heavy atom. The van der Waals surface area contributed by atoms with Crippen molar-refractivity contribution in [3.05, 3.63) is 59.0 Å². The maximum Gasteiger partial charge on any atom is 0.277 e. The fourth-order valence-corrected chi connectivity index (χ4v) is 2.44. The minimum atomic E-state index is -2.52. The Kier molecular flexibility index (Phi) is 4.16. The first kappa shape index (κ1) is 13.5. The number of hydrogen-bond acceptors (Lipinski definition) is 4. The van der Waals surface area contributed by atoms with Gasteiger partial charge in [0.25, 0.3) is 15.3 Å². The Bertz CT molecular complexity index is 648. The Morgan fingerprint density at radius 1 is 1.26 bits per heavy atom. The fraction of sp³-hybridized carbons (Fsp3) is 0.154. The van der Waals surface area contributed by atoms with Crippen LogP contribution in [0.3, 0.4) is 0 Å². The predicted octanol–water partition coefficient (Wildman–Crippen LogP) is 0.0831. The maximum atomic E-state index is 11.6. The number of nitrogens with one attached hydrogen (secondary N) is 1. The summed E-state index contributed by atoms with van der Waals surface area (Å²) in [5.74, 6) is 0.731. The molecule has 0 saturated heterocycles. The van der Waals surface area contributed by atoms with Crippen LogP contribution >= 0.6 is 0 Å². The number of ether oxygens (including phenoxy) is 1. The molecule has 1 N–H and O–H groups in total. The zero-order valence-corrected chi connectivity index (χ0v) is 11.1. The summed E-state index contributed by atoms with van der Waals surface area (Å²) in [5, 5.41) is 11.1. The molecule has 5 nitrogen and oxygen atoms in total. The average Bonchev–Trinajstić information content (AvgIpc) is 2.39. The second kappa shape index (κ2) is 5.83. The van der Waals surface area contributed by atoms with Crippen molar-refractivity contribution in [1.29, 1.82) is 0 Å². The molecule has 1 heterocycles. The predicted molar refractivity (Wildman–Crippen MR) is 72.2 cm³/mol. The molecule has 1 atom stereocenters. The highest BCUT2D eigenvalue weighted by Gasteiger charge is 2.18. The summed E-state index contributed by atoms with van der Waals surface area (Å²) in [6.45, 7) is 0. The van der Waals surface area contributed by atoms with Gasteiger partial charge in [-0.05, 0) is 29.8 Å². The van der Waals surface area contributed by atoms with Crippen molar-refractivity contribution in [2.75, 3.05) is 7.11 Å². The van der Waals surface area contributed by atoms with Gasteiger partial charge in [0.2, 0.25) is 0 Å². The topological polar surface area (TPSA) is 70.9 Å². The summed E-state index contributed by atoms with van der Waals surface area (Å²) in [6, 6.07) is 7.27. The third-order valence-corrected chi connectivity index (χ3v) is 3.58. The monoisotopic (exact) mass is 279 g/mol. The zero-order valence-electron chi connectivity index (χ0n) is 10.3. The molecule has 0 aliphatic carbocycles. The molecular formula is C13H13NO4S. The number of quaternary nitrogens is 1. The van der Waals surface area contributed by atoms with Gasteiger partial charge in [0, 0.05) is 12.0 Å². The summed E-state index contributed by atoms with van der Waals surface area (Å²) in [7, 11) is -0.941. The molecule has 0 aromatic heterocycles. The van der Waals surface area contributed by atoms with Crippen molar-refractivity contribution in [1.82, 2.24) is 0 Å². The molecule has 2 rings (SSSR count). The van der Waals surface area contributed by atoms with Crippen molar-refractivity contribution < 1.29 is 18.2 Å². The molecule has 0 spiro atoms. The molecule has 1 aliphatic rings. The van der Waals surface area contributed by atoms with Crippen LogP contribution in [0, 0.1) is 5.21 Å². The van der Waals surface area contributed by atoms with Crippen molar-refractivity contribution in [3.63, 3.8) is 0 Å². The first-order valence-corrected chi connectivity index (χ1v) is 6.70. The lowest BCUT2D eigenvalue weighted by molar-refractivity contribution is -0.680. The lowest BCUT2D eigenvalue weighted by Crippen LogP contribution is -3.06. The van der Waals surface area contributed by atoms with Gasteiger partial charge >= 0.3 is 0 Å². The molecule has 0 saturated carbocycles. The number of benzene rings is 1. The van der Waals surface area contributed by atoms with E-state index in [1.165, 1.54) is 6.20 Å². The number of hydrogen-bond donors (Lipinski definition) is 1. The first-order chi connectivity index (χ1) is 9.11. The van der Waals surface area contributed by atoms with Gasteiger partial charge in [-0.2, -0.15) is 8.42 Å². The van der Waals surface area contributed by atoms with E-state index in [9.17, 15) is 13.6 Å². The van der Waals surface area contributed by atoms with Gasteiger partial charge in [-0.15, -0.1) is 0 Å². The van der Waals surface area contributed by atoms with Crippen LogP contribution in [0.15, 0.2) is 48.2 Å². The van der Waals surface area contributed by atoms with E-state index in [2.05, 4.69) is 0 Å². The van der Waals surface area contributed by atoms with Crippen molar-refractivity contribution >= 4 is 15.3 Å². The Labute approximate surface area is 112 Å². The molecule has 1 aromatic carbocycles. The maximum absolute atomic E-state index is 11.6. The highest BCUT2D eigenvalue weighted by atomic mass is 32.2. The SMILES string of the molecule is COc1ccc(CC2=CC=C[NH+]([O-])C2=S(=O)=O)cc1. The van der Waals surface area contributed by atoms with Crippen LogP contribution in [0.5, 0.6) is 5.75 Å². The Hall–Kier alpha value is -1.89. The fourth-order valence-electron chi connectivity index (χ4n) is 1.85. The van der Waals surface area contributed by atoms with E-state index in [0.717, 1.165) is 11.3 Å². The van der Waals surface area contributed by atoms with E-state index in [0.29, 0.717) is 12.0 Å². The van der Waals surface area contributed by atoms with Crippen LogP contribution in [-0.4, -0.2) is 20.5 Å². The van der Waals surface area contributed by atoms with Gasteiger partial charge in [0.05, 0.1) is 7.11 Å². The largest absolute Gasteiger partial charge is 0.623 e. The number of methoxy groups -OCH3 is 1. The molecule has 19 heavy (non-hydrogen) atoms. The molecule has 6 heteroatoms. The third kappa shape index (κ3) is 3.11. The van der Waals surface area contributed by atoms with E-state index < -0.39 is 15.4 Å². The van der Waals surface area contributed by atoms with Crippen molar-refractivity contribution in [3.8, 4) is 5.75 Å². The Balaban J connectivity index is 2.28. The van der Waals surface area contributed by atoms with Crippen LogP contribution in [0.2, 0.25) is 0 Å². The number of rotatable bonds is 3. The van der Waals surface area contributed by atoms with E-state index >= 15 is 0 Å². The van der Waals surface area contributed by atoms with Crippen molar-refractivity contribution in [2.45, 2.75) is 6.42 Å². The first-order valence-electron chi connectivity index (χ1n) is 5.63. The Morgan fingerprint density at radius 3 is 2.53 bits per heavy atom. The van der Waals surface area contributed by atoms with E-state index in [4.69, 9.17) is 4.74 Å². The second-order valence-electron chi connectivity index (χ2n) is 4.00. The lowest BCUT2D eigenvalue weighted by atomic mass is 10.0. The number of allylic oxidation sites excluding steroid dienone is 2. The van der Waals surface area contributed by atoms with Crippen molar-refractivity contribution in [2.24, 2.45) is 0 Å². The van der Waals surface area contributed by atoms with Crippen LogP contribution in [0.4, 0.5) is 0 Å². The number of hydroxylamine groups is 2. The van der Waals surface area contributed by atoms with Crippen LogP contribution in [0.25, 0.3) is 0 Å². The molecule has 1 unspecified atom stereocenters. The lowest BCUT2D eigenvalue weighted by Gasteiger charge is -2.21. The molecule has 1 aromatic rings. The normalized spacial score (nSPS) is 18.1. The average molecular weight is 279 g/mol. The van der Waals surface area contributed by atoms with E-state index in [-0.39, 0.29) is 4.99 Å². The van der Waals surface area contributed by atoms with Gasteiger partial charge in [0.15, 0.2) is 0 Å². The quantitative estimate of drug-likeness (QED) is 0.628. The van der Waals surface area contributed by atoms with Gasteiger partial charge in [-0.1, -0.05) is 12.1 Å². The smallest absolute Gasteiger partial charge is 0.277 e. The van der Waals surface area contributed by atoms with Gasteiger partial charge in [-0.25, -0.2) is 0 Å². The summed E-state index contributed by atoms with van der Waals surface area (Å²) in [5.41, 5.74) is 1.42. The molecular weight excluding hydrogens is 266 g/mol. The zero-order chi connectivity index (χ0) is 13.8. The third-order valence-electron chi connectivity index (χ3n) is 2.78. The summed E-state index contributed by atoms with van der Waals surface area (Å²) >= 11 is 0. The summed E-state index contributed by atoms with van der Waals surface area (Å²) in [4.78, 5) is -0.154.